The fourth-order valence-electron chi connectivity index (χ4n) is 1.89. The second-order valence-electron chi connectivity index (χ2n) is 3.95. The largest absolute Gasteiger partial charge is 0.348 e. The van der Waals surface area contributed by atoms with Crippen LogP contribution in [0.25, 0.3) is 21.5 Å². The van der Waals surface area contributed by atoms with E-state index in [-0.39, 0.29) is 5.69 Å². The summed E-state index contributed by atoms with van der Waals surface area (Å²) in [5, 5.41) is 3.62. The van der Waals surface area contributed by atoms with Crippen LogP contribution in [0.4, 0.5) is 0 Å². The van der Waals surface area contributed by atoms with E-state index in [2.05, 4.69) is 4.98 Å². The number of rotatable bonds is 1. The lowest BCUT2D eigenvalue weighted by molar-refractivity contribution is 0.862. The van der Waals surface area contributed by atoms with E-state index in [1.807, 2.05) is 23.6 Å². The highest BCUT2D eigenvalue weighted by Gasteiger charge is 2.10. The second kappa shape index (κ2) is 4.23. The van der Waals surface area contributed by atoms with Crippen molar-refractivity contribution in [2.45, 2.75) is 0 Å². The van der Waals surface area contributed by atoms with Crippen molar-refractivity contribution in [1.29, 1.82) is 0 Å². The summed E-state index contributed by atoms with van der Waals surface area (Å²) in [5.41, 5.74) is 1.38. The maximum absolute atomic E-state index is 11.8. The van der Waals surface area contributed by atoms with Gasteiger partial charge >= 0.3 is 5.69 Å². The van der Waals surface area contributed by atoms with Crippen LogP contribution in [0.2, 0.25) is 5.02 Å². The molecule has 1 aromatic carbocycles. The zero-order chi connectivity index (χ0) is 12.7. The van der Waals surface area contributed by atoms with Gasteiger partial charge in [0.2, 0.25) is 0 Å². The van der Waals surface area contributed by atoms with Crippen LogP contribution in [0.1, 0.15) is 0 Å². The molecular weight excluding hydrogens is 268 g/mol. The van der Waals surface area contributed by atoms with Gasteiger partial charge in [-0.1, -0.05) is 23.7 Å². The Hall–Kier alpha value is -1.65. The Morgan fingerprint density at radius 1 is 1.22 bits per heavy atom. The molecule has 0 amide bonds. The van der Waals surface area contributed by atoms with E-state index in [9.17, 15) is 4.79 Å². The molecule has 0 N–H and O–H groups in total. The summed E-state index contributed by atoms with van der Waals surface area (Å²) in [4.78, 5) is 16.9. The van der Waals surface area contributed by atoms with Crippen LogP contribution >= 0.6 is 22.9 Å². The lowest BCUT2D eigenvalue weighted by Gasteiger charge is -2.05. The Bertz CT molecular complexity index is 774. The van der Waals surface area contributed by atoms with E-state index in [0.29, 0.717) is 10.7 Å². The minimum atomic E-state index is -0.241. The quantitative estimate of drug-likeness (QED) is 0.683. The van der Waals surface area contributed by atoms with E-state index in [4.69, 9.17) is 11.6 Å². The molecule has 0 spiro atoms. The molecule has 0 radical (unpaired) electrons. The van der Waals surface area contributed by atoms with Gasteiger partial charge in [-0.15, -0.1) is 11.3 Å². The van der Waals surface area contributed by atoms with Gasteiger partial charge in [-0.25, -0.2) is 4.79 Å². The number of hydrogen-bond donors (Lipinski definition) is 0. The van der Waals surface area contributed by atoms with Gasteiger partial charge in [0.15, 0.2) is 0 Å². The van der Waals surface area contributed by atoms with Gasteiger partial charge in [0, 0.05) is 23.0 Å². The number of fused-ring (bicyclic) bond motifs is 1. The molecule has 2 heterocycles. The Morgan fingerprint density at radius 2 is 1.94 bits per heavy atom. The summed E-state index contributed by atoms with van der Waals surface area (Å²) < 4.78 is 1.57. The van der Waals surface area contributed by atoms with Gasteiger partial charge < -0.3 is 0 Å². The Labute approximate surface area is 112 Å². The molecule has 2 aromatic heterocycles. The topological polar surface area (TPSA) is 34.9 Å². The number of aryl methyl sites for hydroxylation is 1. The summed E-state index contributed by atoms with van der Waals surface area (Å²) >= 11 is 7.41. The monoisotopic (exact) mass is 276 g/mol. The highest BCUT2D eigenvalue weighted by Crippen LogP contribution is 2.28. The lowest BCUT2D eigenvalue weighted by atomic mass is 10.1. The fourth-order valence-corrected chi connectivity index (χ4v) is 2.87. The Morgan fingerprint density at radius 3 is 2.67 bits per heavy atom. The van der Waals surface area contributed by atoms with Gasteiger partial charge in [-0.2, -0.15) is 4.98 Å². The first-order valence-corrected chi connectivity index (χ1v) is 6.63. The molecule has 18 heavy (non-hydrogen) atoms. The van der Waals surface area contributed by atoms with Gasteiger partial charge in [0.05, 0.1) is 5.69 Å². The van der Waals surface area contributed by atoms with Crippen LogP contribution in [-0.2, 0) is 7.05 Å². The molecule has 0 aliphatic heterocycles. The third-order valence-electron chi connectivity index (χ3n) is 2.82. The molecule has 0 saturated heterocycles. The molecular formula is C13H9ClN2OS. The molecule has 0 aliphatic rings. The molecule has 3 rings (SSSR count). The molecule has 0 atom stereocenters. The molecule has 3 nitrogen and oxygen atoms in total. The number of halogens is 1. The summed E-state index contributed by atoms with van der Waals surface area (Å²) in [7, 11) is 1.74. The molecule has 90 valence electrons. The number of hydrogen-bond acceptors (Lipinski definition) is 3. The van der Waals surface area contributed by atoms with Crippen molar-refractivity contribution < 1.29 is 0 Å². The molecule has 0 fully saturated rings. The van der Waals surface area contributed by atoms with Crippen LogP contribution in [0.5, 0.6) is 0 Å². The smallest absolute Gasteiger partial charge is 0.286 e. The van der Waals surface area contributed by atoms with E-state index >= 15 is 0 Å². The van der Waals surface area contributed by atoms with Crippen molar-refractivity contribution in [3.05, 3.63) is 51.2 Å². The first-order chi connectivity index (χ1) is 8.66. The second-order valence-corrected chi connectivity index (χ2v) is 5.28. The van der Waals surface area contributed by atoms with E-state index in [1.165, 1.54) is 11.3 Å². The predicted molar refractivity (Wildman–Crippen MR) is 75.3 cm³/mol. The Balaban J connectivity index is 2.35. The lowest BCUT2D eigenvalue weighted by Crippen LogP contribution is -2.20. The fraction of sp³-hybridized carbons (Fsp3) is 0.0769. The summed E-state index contributed by atoms with van der Waals surface area (Å²) in [5.74, 6) is 0. The molecule has 0 bridgehead atoms. The summed E-state index contributed by atoms with van der Waals surface area (Å²) in [6.07, 6.45) is 0. The third kappa shape index (κ3) is 1.74. The number of aromatic nitrogens is 2. The third-order valence-corrected chi connectivity index (χ3v) is 4.06. The maximum Gasteiger partial charge on any atom is 0.348 e. The standard InChI is InChI=1S/C13H9ClN2OS/c1-16-12-10(6-7-18-12)11(15-13(16)17)8-2-4-9(14)5-3-8/h2-7H,1H3. The summed E-state index contributed by atoms with van der Waals surface area (Å²) in [6.45, 7) is 0. The normalized spacial score (nSPS) is 11.0. The Kier molecular flexibility index (Phi) is 2.69. The molecule has 3 aromatic rings. The van der Waals surface area contributed by atoms with Crippen molar-refractivity contribution in [3.8, 4) is 11.3 Å². The van der Waals surface area contributed by atoms with Gasteiger partial charge in [-0.05, 0) is 23.6 Å². The zero-order valence-electron chi connectivity index (χ0n) is 9.55. The van der Waals surface area contributed by atoms with E-state index in [0.717, 1.165) is 15.8 Å². The van der Waals surface area contributed by atoms with Crippen LogP contribution < -0.4 is 5.69 Å². The molecule has 0 unspecified atom stereocenters. The van der Waals surface area contributed by atoms with E-state index < -0.39 is 0 Å². The van der Waals surface area contributed by atoms with Crippen molar-refractivity contribution in [1.82, 2.24) is 9.55 Å². The van der Waals surface area contributed by atoms with Gasteiger partial charge in [0.25, 0.3) is 0 Å². The first kappa shape index (κ1) is 11.4. The SMILES string of the molecule is Cn1c(=O)nc(-c2ccc(Cl)cc2)c2ccsc21. The van der Waals surface area contributed by atoms with Crippen molar-refractivity contribution in [2.75, 3.05) is 0 Å². The molecule has 5 heteroatoms. The zero-order valence-corrected chi connectivity index (χ0v) is 11.1. The van der Waals surface area contributed by atoms with Gasteiger partial charge in [-0.3, -0.25) is 4.57 Å². The van der Waals surface area contributed by atoms with Gasteiger partial charge in [0.1, 0.15) is 4.83 Å². The molecule has 0 aliphatic carbocycles. The highest BCUT2D eigenvalue weighted by atomic mass is 35.5. The van der Waals surface area contributed by atoms with Crippen LogP contribution in [0.15, 0.2) is 40.5 Å². The van der Waals surface area contributed by atoms with Crippen molar-refractivity contribution in [3.63, 3.8) is 0 Å². The maximum atomic E-state index is 11.8. The molecule has 0 saturated carbocycles. The van der Waals surface area contributed by atoms with Crippen LogP contribution in [-0.4, -0.2) is 9.55 Å². The predicted octanol–water partition coefficient (Wildman–Crippen LogP) is 3.32. The average Bonchev–Trinajstić information content (AvgIpc) is 2.84. The van der Waals surface area contributed by atoms with E-state index in [1.54, 1.807) is 23.7 Å². The highest BCUT2D eigenvalue weighted by molar-refractivity contribution is 7.16. The van der Waals surface area contributed by atoms with Crippen molar-refractivity contribution >= 4 is 33.2 Å². The van der Waals surface area contributed by atoms with Crippen LogP contribution in [0, 0.1) is 0 Å². The minimum absolute atomic E-state index is 0.241. The number of thiophene rings is 1. The average molecular weight is 277 g/mol. The van der Waals surface area contributed by atoms with Crippen LogP contribution in [0.3, 0.4) is 0 Å². The summed E-state index contributed by atoms with van der Waals surface area (Å²) in [6, 6.07) is 9.33. The van der Waals surface area contributed by atoms with Crippen molar-refractivity contribution in [2.24, 2.45) is 7.05 Å². The number of nitrogens with zero attached hydrogens (tertiary/aromatic N) is 2. The number of benzene rings is 1. The first-order valence-electron chi connectivity index (χ1n) is 5.37. The minimum Gasteiger partial charge on any atom is -0.286 e.